The molecule has 0 fully saturated rings. The predicted octanol–water partition coefficient (Wildman–Crippen LogP) is 8.45. The summed E-state index contributed by atoms with van der Waals surface area (Å²) >= 11 is 0. The lowest BCUT2D eigenvalue weighted by Crippen LogP contribution is -1.93. The predicted molar refractivity (Wildman–Crippen MR) is 144 cm³/mol. The van der Waals surface area contributed by atoms with Gasteiger partial charge in [0.2, 0.25) is 0 Å². The topological polar surface area (TPSA) is 115 Å². The molecule has 0 aromatic carbocycles. The van der Waals surface area contributed by atoms with Crippen LogP contribution in [0.2, 0.25) is 0 Å². The number of unbranched alkanes of at least 4 members (excludes halogenated alkanes) is 16. The summed E-state index contributed by atoms with van der Waals surface area (Å²) in [6.07, 6.45) is 25.6. The van der Waals surface area contributed by atoms with Gasteiger partial charge in [-0.25, -0.2) is 0 Å². The fourth-order valence-corrected chi connectivity index (χ4v) is 3.24. The first kappa shape index (κ1) is 39.4. The van der Waals surface area contributed by atoms with E-state index in [-0.39, 0.29) is 5.48 Å². The summed E-state index contributed by atoms with van der Waals surface area (Å²) in [6, 6.07) is 0. The SMILES string of the molecule is C=COC=C.CCCCCCCCCCCC(=O)O.CCCCCCCCCCCC(=O)O.O. The molecule has 6 nitrogen and oxygen atoms in total. The number of carbonyl (C=O) groups is 2. The Labute approximate surface area is 210 Å². The molecule has 204 valence electrons. The lowest BCUT2D eigenvalue weighted by molar-refractivity contribution is -0.138. The first-order chi connectivity index (χ1) is 16.0. The Morgan fingerprint density at radius 3 is 0.971 bits per heavy atom. The van der Waals surface area contributed by atoms with Gasteiger partial charge in [0.25, 0.3) is 0 Å². The Morgan fingerprint density at radius 1 is 0.559 bits per heavy atom. The monoisotopic (exact) mass is 488 g/mol. The van der Waals surface area contributed by atoms with Gasteiger partial charge in [-0.3, -0.25) is 9.59 Å². The van der Waals surface area contributed by atoms with Crippen LogP contribution in [0.5, 0.6) is 0 Å². The highest BCUT2D eigenvalue weighted by atomic mass is 16.5. The highest BCUT2D eigenvalue weighted by molar-refractivity contribution is 5.66. The maximum atomic E-state index is 10.2. The standard InChI is InChI=1S/2C12H24O2.C4H6O.H2O/c2*1-2-3-4-5-6-7-8-9-10-11-12(13)14;1-3-5-4-2;/h2*2-11H2,1H3,(H,13,14);3-4H,1-2H2;1H2. The van der Waals surface area contributed by atoms with Gasteiger partial charge in [-0.05, 0) is 12.8 Å². The van der Waals surface area contributed by atoms with E-state index in [2.05, 4.69) is 31.7 Å². The molecule has 0 bridgehead atoms. The van der Waals surface area contributed by atoms with E-state index >= 15 is 0 Å². The molecule has 0 rings (SSSR count). The molecular weight excluding hydrogens is 432 g/mol. The molecule has 0 aromatic rings. The van der Waals surface area contributed by atoms with Crippen molar-refractivity contribution in [3.63, 3.8) is 0 Å². The van der Waals surface area contributed by atoms with Crippen LogP contribution in [0.15, 0.2) is 25.7 Å². The van der Waals surface area contributed by atoms with Gasteiger partial charge < -0.3 is 20.4 Å². The summed E-state index contributed by atoms with van der Waals surface area (Å²) < 4.78 is 4.36. The van der Waals surface area contributed by atoms with Crippen LogP contribution in [0.4, 0.5) is 0 Å². The van der Waals surface area contributed by atoms with Crippen LogP contribution in [0.1, 0.15) is 142 Å². The van der Waals surface area contributed by atoms with Gasteiger partial charge in [0.1, 0.15) is 0 Å². The highest BCUT2D eigenvalue weighted by Gasteiger charge is 1.97. The lowest BCUT2D eigenvalue weighted by Gasteiger charge is -2.00. The number of hydrogen-bond donors (Lipinski definition) is 2. The number of aliphatic carboxylic acids is 2. The Morgan fingerprint density at radius 2 is 0.794 bits per heavy atom. The van der Waals surface area contributed by atoms with Crippen molar-refractivity contribution in [3.8, 4) is 0 Å². The van der Waals surface area contributed by atoms with Crippen molar-refractivity contribution in [2.75, 3.05) is 0 Å². The molecule has 0 saturated heterocycles. The van der Waals surface area contributed by atoms with Gasteiger partial charge in [-0.15, -0.1) is 0 Å². The summed E-state index contributed by atoms with van der Waals surface area (Å²) in [5.41, 5.74) is 0. The van der Waals surface area contributed by atoms with Crippen LogP contribution in [0.25, 0.3) is 0 Å². The highest BCUT2D eigenvalue weighted by Crippen LogP contribution is 2.11. The van der Waals surface area contributed by atoms with Gasteiger partial charge in [-0.2, -0.15) is 0 Å². The van der Waals surface area contributed by atoms with E-state index in [0.29, 0.717) is 12.8 Å². The second-order valence-electron chi connectivity index (χ2n) is 8.41. The molecule has 4 N–H and O–H groups in total. The maximum absolute atomic E-state index is 10.2. The second kappa shape index (κ2) is 38.4. The van der Waals surface area contributed by atoms with Gasteiger partial charge in [-0.1, -0.05) is 130 Å². The second-order valence-corrected chi connectivity index (χ2v) is 8.41. The van der Waals surface area contributed by atoms with E-state index in [1.165, 1.54) is 102 Å². The van der Waals surface area contributed by atoms with Crippen LogP contribution in [0.3, 0.4) is 0 Å². The summed E-state index contributed by atoms with van der Waals surface area (Å²) in [6.45, 7) is 11.0. The molecule has 0 saturated carbocycles. The minimum Gasteiger partial charge on any atom is -0.481 e. The summed E-state index contributed by atoms with van der Waals surface area (Å²) in [5.74, 6) is -1.32. The third kappa shape index (κ3) is 52.2. The third-order valence-corrected chi connectivity index (χ3v) is 5.18. The lowest BCUT2D eigenvalue weighted by atomic mass is 10.1. The Kier molecular flexibility index (Phi) is 44.5. The molecule has 0 radical (unpaired) electrons. The van der Waals surface area contributed by atoms with Crippen molar-refractivity contribution in [1.82, 2.24) is 0 Å². The van der Waals surface area contributed by atoms with E-state index in [1.807, 2.05) is 0 Å². The molecule has 0 aliphatic heterocycles. The first-order valence-corrected chi connectivity index (χ1v) is 13.3. The van der Waals surface area contributed by atoms with Crippen molar-refractivity contribution in [2.24, 2.45) is 0 Å². The van der Waals surface area contributed by atoms with E-state index in [1.54, 1.807) is 0 Å². The van der Waals surface area contributed by atoms with Crippen molar-refractivity contribution in [1.29, 1.82) is 0 Å². The smallest absolute Gasteiger partial charge is 0.303 e. The summed E-state index contributed by atoms with van der Waals surface area (Å²) in [4.78, 5) is 20.4. The van der Waals surface area contributed by atoms with Crippen molar-refractivity contribution in [2.45, 2.75) is 142 Å². The zero-order chi connectivity index (χ0) is 25.4. The number of carboxylic acids is 2. The minimum atomic E-state index is -0.659. The molecule has 0 amide bonds. The average molecular weight is 489 g/mol. The van der Waals surface area contributed by atoms with Crippen LogP contribution in [0, 0.1) is 0 Å². The van der Waals surface area contributed by atoms with Crippen molar-refractivity contribution < 1.29 is 30.0 Å². The van der Waals surface area contributed by atoms with Crippen LogP contribution in [-0.2, 0) is 14.3 Å². The summed E-state index contributed by atoms with van der Waals surface area (Å²) in [5, 5.41) is 16.8. The first-order valence-electron chi connectivity index (χ1n) is 13.3. The summed E-state index contributed by atoms with van der Waals surface area (Å²) in [7, 11) is 0. The zero-order valence-electron chi connectivity index (χ0n) is 22.3. The number of hydrogen-bond acceptors (Lipinski definition) is 3. The van der Waals surface area contributed by atoms with Crippen LogP contribution < -0.4 is 0 Å². The molecule has 0 aliphatic carbocycles. The maximum Gasteiger partial charge on any atom is 0.303 e. The van der Waals surface area contributed by atoms with E-state index < -0.39 is 11.9 Å². The molecular formula is C28H56O6. The van der Waals surface area contributed by atoms with Gasteiger partial charge in [0.15, 0.2) is 0 Å². The molecule has 6 heteroatoms. The average Bonchev–Trinajstić information content (AvgIpc) is 2.78. The van der Waals surface area contributed by atoms with Gasteiger partial charge >= 0.3 is 11.9 Å². The fraction of sp³-hybridized carbons (Fsp3) is 0.786. The largest absolute Gasteiger partial charge is 0.481 e. The molecule has 0 unspecified atom stereocenters. The Balaban J connectivity index is -0.000000216. The number of ether oxygens (including phenoxy) is 1. The Bertz CT molecular complexity index is 385. The normalized spacial score (nSPS) is 9.35. The van der Waals surface area contributed by atoms with Gasteiger partial charge in [0.05, 0.1) is 12.5 Å². The minimum absolute atomic E-state index is 0. The molecule has 34 heavy (non-hydrogen) atoms. The molecule has 0 aromatic heterocycles. The zero-order valence-corrected chi connectivity index (χ0v) is 22.3. The van der Waals surface area contributed by atoms with Crippen LogP contribution >= 0.6 is 0 Å². The number of rotatable bonds is 22. The Hall–Kier alpha value is -1.82. The molecule has 0 spiro atoms. The van der Waals surface area contributed by atoms with Crippen molar-refractivity contribution in [3.05, 3.63) is 25.7 Å². The fourth-order valence-electron chi connectivity index (χ4n) is 3.24. The van der Waals surface area contributed by atoms with E-state index in [9.17, 15) is 9.59 Å². The molecule has 0 heterocycles. The van der Waals surface area contributed by atoms with Crippen LogP contribution in [-0.4, -0.2) is 27.6 Å². The third-order valence-electron chi connectivity index (χ3n) is 5.18. The number of carboxylic acid groups (broad SMARTS) is 2. The molecule has 0 aliphatic rings. The molecule has 0 atom stereocenters. The van der Waals surface area contributed by atoms with Gasteiger partial charge in [0, 0.05) is 12.8 Å². The van der Waals surface area contributed by atoms with E-state index in [4.69, 9.17) is 10.2 Å². The quantitative estimate of drug-likeness (QED) is 0.117. The van der Waals surface area contributed by atoms with E-state index in [0.717, 1.165) is 25.7 Å². The van der Waals surface area contributed by atoms with Crippen molar-refractivity contribution >= 4 is 11.9 Å².